The lowest BCUT2D eigenvalue weighted by Gasteiger charge is -2.27. The van der Waals surface area contributed by atoms with Gasteiger partial charge in [0, 0.05) is 19.2 Å². The second kappa shape index (κ2) is 6.29. The summed E-state index contributed by atoms with van der Waals surface area (Å²) in [6.07, 6.45) is 0.560. The second-order valence-electron chi connectivity index (χ2n) is 4.49. The Kier molecular flexibility index (Phi) is 5.00. The van der Waals surface area contributed by atoms with Crippen LogP contribution in [0, 0.1) is 10.1 Å². The van der Waals surface area contributed by atoms with Crippen LogP contribution in [0.4, 0.5) is 5.69 Å². The number of hydrogen-bond acceptors (Lipinski definition) is 4. The van der Waals surface area contributed by atoms with Gasteiger partial charge >= 0.3 is 0 Å². The molecule has 0 fully saturated rings. The van der Waals surface area contributed by atoms with E-state index < -0.39 is 11.0 Å². The van der Waals surface area contributed by atoms with Crippen molar-refractivity contribution < 1.29 is 9.72 Å². The normalized spacial score (nSPS) is 13.7. The molecular formula is C13H19N3O3. The Labute approximate surface area is 112 Å². The van der Waals surface area contributed by atoms with Crippen LogP contribution in [0.25, 0.3) is 0 Å². The zero-order valence-electron chi connectivity index (χ0n) is 11.4. The topological polar surface area (TPSA) is 89.5 Å². The number of carbonyl (C=O) groups is 1. The second-order valence-corrected chi connectivity index (χ2v) is 4.49. The van der Waals surface area contributed by atoms with Gasteiger partial charge in [0.1, 0.15) is 0 Å². The van der Waals surface area contributed by atoms with Crippen LogP contribution in [-0.2, 0) is 4.79 Å². The van der Waals surface area contributed by atoms with Crippen LogP contribution in [0.3, 0.4) is 0 Å². The van der Waals surface area contributed by atoms with Crippen molar-refractivity contribution in [1.29, 1.82) is 0 Å². The first-order chi connectivity index (χ1) is 8.88. The third-order valence-corrected chi connectivity index (χ3v) is 3.25. The van der Waals surface area contributed by atoms with Crippen molar-refractivity contribution in [2.24, 2.45) is 5.73 Å². The van der Waals surface area contributed by atoms with Crippen LogP contribution in [0.1, 0.15) is 31.9 Å². The van der Waals surface area contributed by atoms with E-state index in [1.807, 2.05) is 13.8 Å². The summed E-state index contributed by atoms with van der Waals surface area (Å²) < 4.78 is 0. The molecule has 0 aliphatic rings. The lowest BCUT2D eigenvalue weighted by molar-refractivity contribution is -0.384. The van der Waals surface area contributed by atoms with E-state index in [1.165, 1.54) is 17.0 Å². The maximum Gasteiger partial charge on any atom is 0.269 e. The molecule has 0 heterocycles. The fourth-order valence-electron chi connectivity index (χ4n) is 1.75. The van der Waals surface area contributed by atoms with Crippen LogP contribution >= 0.6 is 0 Å². The molecule has 0 radical (unpaired) electrons. The first-order valence-corrected chi connectivity index (χ1v) is 6.15. The van der Waals surface area contributed by atoms with Crippen molar-refractivity contribution in [2.45, 2.75) is 32.4 Å². The minimum atomic E-state index is -0.536. The lowest BCUT2D eigenvalue weighted by atomic mass is 10.1. The SMILES string of the molecule is CCC(N)C(=O)N(C)C(C)c1cccc([N+](=O)[O-])c1. The standard InChI is InChI=1S/C13H19N3O3/c1-4-12(14)13(17)15(3)9(2)10-6-5-7-11(8-10)16(18)19/h5-9,12H,4,14H2,1-3H3. The molecule has 0 saturated carbocycles. The van der Waals surface area contributed by atoms with Crippen molar-refractivity contribution in [3.63, 3.8) is 0 Å². The van der Waals surface area contributed by atoms with Crippen LogP contribution in [0.15, 0.2) is 24.3 Å². The molecule has 0 saturated heterocycles. The molecule has 0 aromatic heterocycles. The zero-order valence-corrected chi connectivity index (χ0v) is 11.4. The smallest absolute Gasteiger partial charge is 0.269 e. The summed E-state index contributed by atoms with van der Waals surface area (Å²) in [5, 5.41) is 10.7. The van der Waals surface area contributed by atoms with E-state index in [4.69, 9.17) is 5.73 Å². The molecule has 0 bridgehead atoms. The largest absolute Gasteiger partial charge is 0.338 e. The number of amides is 1. The number of non-ortho nitro benzene ring substituents is 1. The van der Waals surface area contributed by atoms with Gasteiger partial charge in [-0.25, -0.2) is 0 Å². The zero-order chi connectivity index (χ0) is 14.6. The summed E-state index contributed by atoms with van der Waals surface area (Å²) in [4.78, 5) is 23.8. The van der Waals surface area contributed by atoms with Crippen LogP contribution in [0.2, 0.25) is 0 Å². The number of likely N-dealkylation sites (N-methyl/N-ethyl adjacent to an activating group) is 1. The molecule has 2 unspecified atom stereocenters. The summed E-state index contributed by atoms with van der Waals surface area (Å²) in [6, 6.07) is 5.49. The fraction of sp³-hybridized carbons (Fsp3) is 0.462. The number of nitro benzene ring substituents is 1. The highest BCUT2D eigenvalue weighted by Crippen LogP contribution is 2.23. The monoisotopic (exact) mass is 265 g/mol. The number of nitro groups is 1. The number of nitrogens with zero attached hydrogens (tertiary/aromatic N) is 2. The molecule has 6 nitrogen and oxygen atoms in total. The van der Waals surface area contributed by atoms with Gasteiger partial charge in [0.25, 0.3) is 5.69 Å². The summed E-state index contributed by atoms with van der Waals surface area (Å²) >= 11 is 0. The highest BCUT2D eigenvalue weighted by atomic mass is 16.6. The third-order valence-electron chi connectivity index (χ3n) is 3.25. The Morgan fingerprint density at radius 1 is 1.53 bits per heavy atom. The van der Waals surface area contributed by atoms with Gasteiger partial charge in [-0.2, -0.15) is 0 Å². The Morgan fingerprint density at radius 2 is 2.16 bits per heavy atom. The van der Waals surface area contributed by atoms with E-state index in [1.54, 1.807) is 19.2 Å². The average molecular weight is 265 g/mol. The molecule has 1 rings (SSSR count). The van der Waals surface area contributed by atoms with E-state index in [-0.39, 0.29) is 17.6 Å². The first-order valence-electron chi connectivity index (χ1n) is 6.15. The minimum Gasteiger partial charge on any atom is -0.338 e. The van der Waals surface area contributed by atoms with Gasteiger partial charge in [-0.15, -0.1) is 0 Å². The van der Waals surface area contributed by atoms with Gasteiger partial charge < -0.3 is 10.6 Å². The minimum absolute atomic E-state index is 0.0185. The Bertz CT molecular complexity index is 476. The Morgan fingerprint density at radius 3 is 2.68 bits per heavy atom. The quantitative estimate of drug-likeness (QED) is 0.650. The van der Waals surface area contributed by atoms with E-state index in [9.17, 15) is 14.9 Å². The predicted molar refractivity (Wildman–Crippen MR) is 72.5 cm³/mol. The van der Waals surface area contributed by atoms with Gasteiger partial charge in [-0.3, -0.25) is 14.9 Å². The summed E-state index contributed by atoms with van der Waals surface area (Å²) in [5.74, 6) is -0.165. The number of carbonyl (C=O) groups excluding carboxylic acids is 1. The van der Waals surface area contributed by atoms with Crippen molar-refractivity contribution in [3.8, 4) is 0 Å². The average Bonchev–Trinajstić information content (AvgIpc) is 2.44. The number of hydrogen-bond donors (Lipinski definition) is 1. The molecule has 104 valence electrons. The number of rotatable bonds is 5. The first kappa shape index (κ1) is 15.1. The fourth-order valence-corrected chi connectivity index (χ4v) is 1.75. The Hall–Kier alpha value is -1.95. The number of benzene rings is 1. The number of nitrogens with two attached hydrogens (primary N) is 1. The van der Waals surface area contributed by atoms with Crippen molar-refractivity contribution >= 4 is 11.6 Å². The maximum atomic E-state index is 12.0. The van der Waals surface area contributed by atoms with E-state index in [0.717, 1.165) is 0 Å². The van der Waals surface area contributed by atoms with Crippen molar-refractivity contribution in [3.05, 3.63) is 39.9 Å². The van der Waals surface area contributed by atoms with E-state index in [2.05, 4.69) is 0 Å². The van der Waals surface area contributed by atoms with Gasteiger partial charge in [0.15, 0.2) is 0 Å². The van der Waals surface area contributed by atoms with Gasteiger partial charge in [0.05, 0.1) is 17.0 Å². The van der Waals surface area contributed by atoms with Crippen LogP contribution < -0.4 is 5.73 Å². The molecule has 1 amide bonds. The highest BCUT2D eigenvalue weighted by Gasteiger charge is 2.22. The summed E-state index contributed by atoms with van der Waals surface area (Å²) in [5.41, 5.74) is 6.45. The molecule has 6 heteroatoms. The molecule has 1 aromatic rings. The molecule has 0 aliphatic heterocycles. The molecular weight excluding hydrogens is 246 g/mol. The van der Waals surface area contributed by atoms with Crippen LogP contribution in [0.5, 0.6) is 0 Å². The maximum absolute atomic E-state index is 12.0. The lowest BCUT2D eigenvalue weighted by Crippen LogP contribution is -2.42. The predicted octanol–water partition coefficient (Wildman–Crippen LogP) is 1.85. The van der Waals surface area contributed by atoms with Gasteiger partial charge in [-0.05, 0) is 18.9 Å². The Balaban J connectivity index is 2.93. The van der Waals surface area contributed by atoms with Gasteiger partial charge in [0.2, 0.25) is 5.91 Å². The molecule has 1 aromatic carbocycles. The third kappa shape index (κ3) is 3.51. The van der Waals surface area contributed by atoms with E-state index >= 15 is 0 Å². The molecule has 0 spiro atoms. The molecule has 2 atom stereocenters. The highest BCUT2D eigenvalue weighted by molar-refractivity contribution is 5.81. The summed E-state index contributed by atoms with van der Waals surface area (Å²) in [6.45, 7) is 3.66. The molecule has 2 N–H and O–H groups in total. The van der Waals surface area contributed by atoms with Crippen LogP contribution in [-0.4, -0.2) is 28.8 Å². The van der Waals surface area contributed by atoms with E-state index in [0.29, 0.717) is 12.0 Å². The summed E-state index contributed by atoms with van der Waals surface area (Å²) in [7, 11) is 1.65. The molecule has 0 aliphatic carbocycles. The van der Waals surface area contributed by atoms with Crippen molar-refractivity contribution in [1.82, 2.24) is 4.90 Å². The van der Waals surface area contributed by atoms with Gasteiger partial charge in [-0.1, -0.05) is 19.1 Å². The van der Waals surface area contributed by atoms with Crippen molar-refractivity contribution in [2.75, 3.05) is 7.05 Å². The molecule has 19 heavy (non-hydrogen) atoms.